The summed E-state index contributed by atoms with van der Waals surface area (Å²) in [5, 5.41) is 12.6. The van der Waals surface area contributed by atoms with Gasteiger partial charge in [-0.2, -0.15) is 13.2 Å². The third kappa shape index (κ3) is 2.19. The molecule has 0 fully saturated rings. The summed E-state index contributed by atoms with van der Waals surface area (Å²) in [5.41, 5.74) is 2.61. The lowest BCUT2D eigenvalue weighted by atomic mass is 9.96. The molecule has 104 valence electrons. The van der Waals surface area contributed by atoms with E-state index >= 15 is 0 Å². The Bertz CT molecular complexity index is 635. The van der Waals surface area contributed by atoms with E-state index in [0.29, 0.717) is 12.1 Å². The third-order valence-corrected chi connectivity index (χ3v) is 3.50. The minimum absolute atomic E-state index is 0.508. The summed E-state index contributed by atoms with van der Waals surface area (Å²) >= 11 is 0. The predicted molar refractivity (Wildman–Crippen MR) is 68.7 cm³/mol. The van der Waals surface area contributed by atoms with Gasteiger partial charge in [0.2, 0.25) is 0 Å². The molecule has 1 aliphatic rings. The van der Waals surface area contributed by atoms with Gasteiger partial charge in [0, 0.05) is 12.1 Å². The van der Waals surface area contributed by atoms with E-state index in [1.807, 2.05) is 12.1 Å². The predicted octanol–water partition coefficient (Wildman–Crippen LogP) is 3.47. The molecule has 0 radical (unpaired) electrons. The Hall–Kier alpha value is -1.85. The molecule has 5 heteroatoms. The number of aliphatic hydroxyl groups is 1. The van der Waals surface area contributed by atoms with E-state index in [0.717, 1.165) is 28.8 Å². The van der Waals surface area contributed by atoms with Gasteiger partial charge in [-0.05, 0) is 28.8 Å². The summed E-state index contributed by atoms with van der Waals surface area (Å²) in [6.45, 7) is 0.508. The number of nitrogens with one attached hydrogen (secondary N) is 1. The molecule has 0 aromatic heterocycles. The first-order chi connectivity index (χ1) is 9.47. The second-order valence-electron chi connectivity index (χ2n) is 4.73. The largest absolute Gasteiger partial charge is 0.416 e. The summed E-state index contributed by atoms with van der Waals surface area (Å²) in [4.78, 5) is 0. The highest BCUT2D eigenvalue weighted by atomic mass is 19.4. The van der Waals surface area contributed by atoms with Gasteiger partial charge < -0.3 is 5.11 Å². The van der Waals surface area contributed by atoms with Crippen molar-refractivity contribution in [2.24, 2.45) is 0 Å². The lowest BCUT2D eigenvalue weighted by Gasteiger charge is -2.11. The van der Waals surface area contributed by atoms with Gasteiger partial charge in [-0.25, -0.2) is 0 Å². The monoisotopic (exact) mass is 279 g/mol. The van der Waals surface area contributed by atoms with Crippen LogP contribution in [0.3, 0.4) is 0 Å². The number of halogens is 3. The van der Waals surface area contributed by atoms with Crippen LogP contribution in [-0.2, 0) is 12.7 Å². The molecule has 1 atom stereocenters. The fourth-order valence-corrected chi connectivity index (χ4v) is 2.48. The molecule has 2 aromatic rings. The van der Waals surface area contributed by atoms with Gasteiger partial charge in [0.25, 0.3) is 0 Å². The van der Waals surface area contributed by atoms with Gasteiger partial charge >= 0.3 is 6.18 Å². The fraction of sp³-hybridized carbons (Fsp3) is 0.200. The fourth-order valence-electron chi connectivity index (χ4n) is 2.48. The van der Waals surface area contributed by atoms with E-state index in [2.05, 4.69) is 5.32 Å². The maximum absolute atomic E-state index is 12.5. The molecule has 20 heavy (non-hydrogen) atoms. The van der Waals surface area contributed by atoms with Gasteiger partial charge in [0.15, 0.2) is 0 Å². The Labute approximate surface area is 113 Å². The zero-order chi connectivity index (χ0) is 14.3. The average Bonchev–Trinajstić information content (AvgIpc) is 2.80. The Morgan fingerprint density at radius 3 is 2.40 bits per heavy atom. The van der Waals surface area contributed by atoms with Crippen molar-refractivity contribution < 1.29 is 18.3 Å². The maximum atomic E-state index is 12.5. The Kier molecular flexibility index (Phi) is 3.03. The number of benzene rings is 2. The molecule has 0 saturated heterocycles. The topological polar surface area (TPSA) is 32.3 Å². The van der Waals surface area contributed by atoms with Crippen LogP contribution in [0.4, 0.5) is 13.2 Å². The van der Waals surface area contributed by atoms with Gasteiger partial charge in [-0.15, -0.1) is 0 Å². The standard InChI is InChI=1S/C15H12F3NO/c16-15(17,18)10-6-4-9(5-7-10)11-2-1-3-12-13(11)8-19-14(12)20/h1-7,14,19-20H,8H2. The van der Waals surface area contributed by atoms with Crippen LogP contribution in [-0.4, -0.2) is 5.11 Å². The molecule has 0 aliphatic carbocycles. The van der Waals surface area contributed by atoms with E-state index < -0.39 is 18.0 Å². The SMILES string of the molecule is OC1NCc2c(-c3ccc(C(F)(F)F)cc3)cccc21. The molecule has 2 N–H and O–H groups in total. The van der Waals surface area contributed by atoms with Gasteiger partial charge in [0.05, 0.1) is 5.56 Å². The Morgan fingerprint density at radius 1 is 1.05 bits per heavy atom. The van der Waals surface area contributed by atoms with Crippen LogP contribution in [0.25, 0.3) is 11.1 Å². The summed E-state index contributed by atoms with van der Waals surface area (Å²) < 4.78 is 37.6. The Balaban J connectivity index is 2.03. The molecular formula is C15H12F3NO. The minimum atomic E-state index is -4.32. The third-order valence-electron chi connectivity index (χ3n) is 3.50. The highest BCUT2D eigenvalue weighted by molar-refractivity contribution is 5.70. The molecule has 2 nitrogen and oxygen atoms in total. The van der Waals surface area contributed by atoms with Crippen LogP contribution in [0.1, 0.15) is 22.9 Å². The van der Waals surface area contributed by atoms with Crippen molar-refractivity contribution in [2.75, 3.05) is 0 Å². The van der Waals surface area contributed by atoms with E-state index in [9.17, 15) is 18.3 Å². The zero-order valence-electron chi connectivity index (χ0n) is 10.4. The normalized spacial score (nSPS) is 18.1. The lowest BCUT2D eigenvalue weighted by Crippen LogP contribution is -2.09. The molecule has 3 rings (SSSR count). The number of hydrogen-bond acceptors (Lipinski definition) is 2. The molecule has 0 amide bonds. The van der Waals surface area contributed by atoms with Crippen molar-refractivity contribution in [2.45, 2.75) is 18.9 Å². The highest BCUT2D eigenvalue weighted by Crippen LogP contribution is 2.35. The molecule has 0 spiro atoms. The van der Waals surface area contributed by atoms with Crippen LogP contribution in [0.2, 0.25) is 0 Å². The first-order valence-electron chi connectivity index (χ1n) is 6.17. The van der Waals surface area contributed by atoms with Crippen molar-refractivity contribution in [3.8, 4) is 11.1 Å². The highest BCUT2D eigenvalue weighted by Gasteiger charge is 2.30. The second-order valence-corrected chi connectivity index (χ2v) is 4.73. The van der Waals surface area contributed by atoms with Crippen molar-refractivity contribution >= 4 is 0 Å². The zero-order valence-corrected chi connectivity index (χ0v) is 10.4. The molecule has 1 aliphatic heterocycles. The molecule has 0 saturated carbocycles. The first kappa shape index (κ1) is 13.1. The van der Waals surface area contributed by atoms with Gasteiger partial charge in [0.1, 0.15) is 6.23 Å². The van der Waals surface area contributed by atoms with E-state index in [-0.39, 0.29) is 0 Å². The van der Waals surface area contributed by atoms with Crippen LogP contribution in [0.5, 0.6) is 0 Å². The van der Waals surface area contributed by atoms with Crippen LogP contribution < -0.4 is 5.32 Å². The quantitative estimate of drug-likeness (QED) is 0.837. The minimum Gasteiger partial charge on any atom is -0.374 e. The molecule has 1 heterocycles. The summed E-state index contributed by atoms with van der Waals surface area (Å²) in [7, 11) is 0. The second kappa shape index (κ2) is 4.61. The number of alkyl halides is 3. The number of rotatable bonds is 1. The van der Waals surface area contributed by atoms with E-state index in [4.69, 9.17) is 0 Å². The summed E-state index contributed by atoms with van der Waals surface area (Å²) in [6.07, 6.45) is -5.03. The van der Waals surface area contributed by atoms with Gasteiger partial charge in [-0.1, -0.05) is 30.3 Å². The molecular weight excluding hydrogens is 267 g/mol. The summed E-state index contributed by atoms with van der Waals surface area (Å²) in [6, 6.07) is 10.5. The van der Waals surface area contributed by atoms with Crippen molar-refractivity contribution in [3.05, 3.63) is 59.2 Å². The van der Waals surface area contributed by atoms with Crippen LogP contribution >= 0.6 is 0 Å². The number of fused-ring (bicyclic) bond motifs is 1. The summed E-state index contributed by atoms with van der Waals surface area (Å²) in [5.74, 6) is 0. The number of aliphatic hydroxyl groups excluding tert-OH is 1. The van der Waals surface area contributed by atoms with Crippen molar-refractivity contribution in [3.63, 3.8) is 0 Å². The first-order valence-corrected chi connectivity index (χ1v) is 6.17. The lowest BCUT2D eigenvalue weighted by molar-refractivity contribution is -0.137. The van der Waals surface area contributed by atoms with Crippen LogP contribution in [0.15, 0.2) is 42.5 Å². The number of hydrogen-bond donors (Lipinski definition) is 2. The average molecular weight is 279 g/mol. The molecule has 2 aromatic carbocycles. The smallest absolute Gasteiger partial charge is 0.374 e. The Morgan fingerprint density at radius 2 is 1.75 bits per heavy atom. The van der Waals surface area contributed by atoms with E-state index in [1.165, 1.54) is 12.1 Å². The molecule has 0 bridgehead atoms. The van der Waals surface area contributed by atoms with Gasteiger partial charge in [-0.3, -0.25) is 5.32 Å². The van der Waals surface area contributed by atoms with Crippen molar-refractivity contribution in [1.82, 2.24) is 5.32 Å². The maximum Gasteiger partial charge on any atom is 0.416 e. The van der Waals surface area contributed by atoms with E-state index in [1.54, 1.807) is 6.07 Å². The van der Waals surface area contributed by atoms with Crippen LogP contribution in [0, 0.1) is 0 Å². The molecule has 1 unspecified atom stereocenters. The van der Waals surface area contributed by atoms with Crippen molar-refractivity contribution in [1.29, 1.82) is 0 Å².